The maximum absolute atomic E-state index is 12.5. The standard InChI is InChI=1S/C27H29N3O6S2/c1-37-17-16-35-26(31)20-36-25-14-10-21(11-15-25)18-28-29-27(32)23-12-8-22(9-13-23)19-30(38(2,33)34)24-6-4-3-5-7-24/h3-15,18H,16-17,19-20H2,1-2H3,(H,29,32). The molecule has 11 heteroatoms. The maximum Gasteiger partial charge on any atom is 0.344 e. The number of anilines is 1. The molecule has 0 unspecified atom stereocenters. The van der Waals surface area contributed by atoms with Crippen LogP contribution in [0.3, 0.4) is 0 Å². The van der Waals surface area contributed by atoms with Crippen LogP contribution in [0.15, 0.2) is 84.0 Å². The summed E-state index contributed by atoms with van der Waals surface area (Å²) in [6, 6.07) is 22.3. The number of carbonyl (C=O) groups excluding carboxylic acids is 2. The number of hydrogen-bond acceptors (Lipinski definition) is 8. The molecule has 0 aromatic heterocycles. The number of amides is 1. The molecule has 38 heavy (non-hydrogen) atoms. The number of sulfonamides is 1. The van der Waals surface area contributed by atoms with Crippen molar-refractivity contribution in [3.05, 3.63) is 95.6 Å². The van der Waals surface area contributed by atoms with Crippen LogP contribution in [0.5, 0.6) is 5.75 Å². The Kier molecular flexibility index (Phi) is 10.7. The number of nitrogens with zero attached hydrogens (tertiary/aromatic N) is 2. The van der Waals surface area contributed by atoms with Crippen molar-refractivity contribution in [3.8, 4) is 5.75 Å². The summed E-state index contributed by atoms with van der Waals surface area (Å²) in [5.74, 6) is 0.412. The molecular formula is C27H29N3O6S2. The molecule has 0 heterocycles. The fourth-order valence-electron chi connectivity index (χ4n) is 3.22. The van der Waals surface area contributed by atoms with E-state index in [9.17, 15) is 18.0 Å². The predicted molar refractivity (Wildman–Crippen MR) is 150 cm³/mol. The van der Waals surface area contributed by atoms with Crippen LogP contribution in [-0.2, 0) is 26.1 Å². The van der Waals surface area contributed by atoms with Crippen LogP contribution in [-0.4, -0.2) is 58.0 Å². The molecule has 0 radical (unpaired) electrons. The molecule has 0 spiro atoms. The van der Waals surface area contributed by atoms with E-state index < -0.39 is 21.9 Å². The topological polar surface area (TPSA) is 114 Å². The molecule has 0 saturated carbocycles. The summed E-state index contributed by atoms with van der Waals surface area (Å²) in [7, 11) is -3.49. The normalized spacial score (nSPS) is 11.2. The fraction of sp³-hybridized carbons (Fsp3) is 0.222. The van der Waals surface area contributed by atoms with E-state index in [0.29, 0.717) is 23.6 Å². The highest BCUT2D eigenvalue weighted by molar-refractivity contribution is 7.98. The lowest BCUT2D eigenvalue weighted by Gasteiger charge is -2.22. The van der Waals surface area contributed by atoms with Gasteiger partial charge in [0, 0.05) is 11.3 Å². The second-order valence-corrected chi connectivity index (χ2v) is 11.0. The summed E-state index contributed by atoms with van der Waals surface area (Å²) < 4.78 is 36.3. The van der Waals surface area contributed by atoms with Crippen LogP contribution in [0.1, 0.15) is 21.5 Å². The van der Waals surface area contributed by atoms with Gasteiger partial charge in [0.05, 0.1) is 24.7 Å². The smallest absolute Gasteiger partial charge is 0.344 e. The molecular weight excluding hydrogens is 526 g/mol. The van der Waals surface area contributed by atoms with Crippen molar-refractivity contribution in [1.82, 2.24) is 5.43 Å². The van der Waals surface area contributed by atoms with Crippen molar-refractivity contribution in [3.63, 3.8) is 0 Å². The van der Waals surface area contributed by atoms with Gasteiger partial charge in [0.2, 0.25) is 10.0 Å². The molecule has 0 fully saturated rings. The Labute approximate surface area is 226 Å². The van der Waals surface area contributed by atoms with E-state index in [1.807, 2.05) is 12.3 Å². The summed E-state index contributed by atoms with van der Waals surface area (Å²) in [4.78, 5) is 24.1. The van der Waals surface area contributed by atoms with E-state index in [-0.39, 0.29) is 13.2 Å². The van der Waals surface area contributed by atoms with Gasteiger partial charge in [-0.15, -0.1) is 0 Å². The first-order chi connectivity index (χ1) is 18.3. The third-order valence-corrected chi connectivity index (χ3v) is 6.87. The number of para-hydroxylation sites is 1. The van der Waals surface area contributed by atoms with Gasteiger partial charge >= 0.3 is 5.97 Å². The lowest BCUT2D eigenvalue weighted by molar-refractivity contribution is -0.145. The van der Waals surface area contributed by atoms with E-state index >= 15 is 0 Å². The Morgan fingerprint density at radius 1 is 1.00 bits per heavy atom. The molecule has 0 aliphatic rings. The van der Waals surface area contributed by atoms with Gasteiger partial charge in [0.15, 0.2) is 6.61 Å². The number of thioether (sulfide) groups is 1. The second-order valence-electron chi connectivity index (χ2n) is 8.07. The SMILES string of the molecule is CSCCOC(=O)COc1ccc(C=NNC(=O)c2ccc(CN(c3ccccc3)S(C)(=O)=O)cc2)cc1. The summed E-state index contributed by atoms with van der Waals surface area (Å²) >= 11 is 1.59. The maximum atomic E-state index is 12.5. The van der Waals surface area contributed by atoms with Crippen molar-refractivity contribution >= 4 is 45.6 Å². The number of carbonyl (C=O) groups is 2. The molecule has 3 aromatic rings. The molecule has 0 bridgehead atoms. The van der Waals surface area contributed by atoms with Crippen LogP contribution in [0.2, 0.25) is 0 Å². The Hall–Kier alpha value is -3.83. The van der Waals surface area contributed by atoms with Crippen molar-refractivity contribution in [1.29, 1.82) is 0 Å². The highest BCUT2D eigenvalue weighted by Gasteiger charge is 2.17. The average molecular weight is 556 g/mol. The molecule has 200 valence electrons. The minimum atomic E-state index is -3.49. The van der Waals surface area contributed by atoms with E-state index in [0.717, 1.165) is 23.1 Å². The van der Waals surface area contributed by atoms with E-state index in [2.05, 4.69) is 10.5 Å². The van der Waals surface area contributed by atoms with Crippen LogP contribution < -0.4 is 14.5 Å². The quantitative estimate of drug-likeness (QED) is 0.148. The van der Waals surface area contributed by atoms with Gasteiger partial charge in [-0.1, -0.05) is 30.3 Å². The molecule has 0 aliphatic heterocycles. The summed E-state index contributed by atoms with van der Waals surface area (Å²) in [6.07, 6.45) is 4.57. The van der Waals surface area contributed by atoms with Gasteiger partial charge in [0.1, 0.15) is 12.4 Å². The first-order valence-corrected chi connectivity index (χ1v) is 14.8. The Morgan fingerprint density at radius 2 is 1.68 bits per heavy atom. The zero-order valence-corrected chi connectivity index (χ0v) is 22.7. The molecule has 1 amide bonds. The third kappa shape index (κ3) is 9.24. The largest absolute Gasteiger partial charge is 0.482 e. The number of rotatable bonds is 13. The van der Waals surface area contributed by atoms with Crippen LogP contribution in [0.25, 0.3) is 0 Å². The van der Waals surface area contributed by atoms with Crippen molar-refractivity contribution in [2.24, 2.45) is 5.10 Å². The zero-order valence-electron chi connectivity index (χ0n) is 21.1. The lowest BCUT2D eigenvalue weighted by atomic mass is 10.1. The van der Waals surface area contributed by atoms with Crippen LogP contribution in [0.4, 0.5) is 5.69 Å². The first-order valence-electron chi connectivity index (χ1n) is 11.6. The Morgan fingerprint density at radius 3 is 2.32 bits per heavy atom. The highest BCUT2D eigenvalue weighted by Crippen LogP contribution is 2.20. The third-order valence-electron chi connectivity index (χ3n) is 5.15. The zero-order chi connectivity index (χ0) is 27.4. The van der Waals surface area contributed by atoms with Crippen molar-refractivity contribution in [2.45, 2.75) is 6.54 Å². The molecule has 9 nitrogen and oxygen atoms in total. The molecule has 0 aliphatic carbocycles. The molecule has 1 N–H and O–H groups in total. The molecule has 0 saturated heterocycles. The van der Waals surface area contributed by atoms with E-state index in [1.165, 1.54) is 10.5 Å². The number of benzene rings is 3. The van der Waals surface area contributed by atoms with Crippen LogP contribution in [0, 0.1) is 0 Å². The van der Waals surface area contributed by atoms with Gasteiger partial charge in [-0.25, -0.2) is 18.6 Å². The lowest BCUT2D eigenvalue weighted by Crippen LogP contribution is -2.29. The van der Waals surface area contributed by atoms with Gasteiger partial charge in [-0.05, 0) is 65.9 Å². The van der Waals surface area contributed by atoms with Crippen LogP contribution >= 0.6 is 11.8 Å². The second kappa shape index (κ2) is 14.2. The molecule has 0 atom stereocenters. The monoisotopic (exact) mass is 555 g/mol. The number of hydrazone groups is 1. The Balaban J connectivity index is 1.50. The van der Waals surface area contributed by atoms with Gasteiger partial charge in [-0.3, -0.25) is 9.10 Å². The van der Waals surface area contributed by atoms with Gasteiger partial charge in [0.25, 0.3) is 5.91 Å². The van der Waals surface area contributed by atoms with E-state index in [4.69, 9.17) is 9.47 Å². The Bertz CT molecular complexity index is 1330. The van der Waals surface area contributed by atoms with Gasteiger partial charge < -0.3 is 9.47 Å². The predicted octanol–water partition coefficient (Wildman–Crippen LogP) is 3.70. The fourth-order valence-corrected chi connectivity index (χ4v) is 4.36. The number of ether oxygens (including phenoxy) is 2. The summed E-state index contributed by atoms with van der Waals surface area (Å²) in [5.41, 5.74) is 4.86. The van der Waals surface area contributed by atoms with Crippen molar-refractivity contribution < 1.29 is 27.5 Å². The highest BCUT2D eigenvalue weighted by atomic mass is 32.2. The minimum absolute atomic E-state index is 0.141. The first kappa shape index (κ1) is 28.7. The molecule has 3 aromatic carbocycles. The summed E-state index contributed by atoms with van der Waals surface area (Å²) in [5, 5.41) is 3.98. The van der Waals surface area contributed by atoms with Crippen molar-refractivity contribution in [2.75, 3.05) is 35.8 Å². The minimum Gasteiger partial charge on any atom is -0.482 e. The van der Waals surface area contributed by atoms with E-state index in [1.54, 1.807) is 84.6 Å². The number of esters is 1. The number of nitrogens with one attached hydrogen (secondary N) is 1. The summed E-state index contributed by atoms with van der Waals surface area (Å²) in [6.45, 7) is 0.321. The molecule has 3 rings (SSSR count). The number of hydrogen-bond donors (Lipinski definition) is 1. The van der Waals surface area contributed by atoms with Gasteiger partial charge in [-0.2, -0.15) is 16.9 Å². The average Bonchev–Trinajstić information content (AvgIpc) is 2.91.